The zero-order valence-electron chi connectivity index (χ0n) is 50.3. The molecular weight excluding hydrogens is 925 g/mol. The molecule has 0 rings (SSSR count). The Morgan fingerprint density at radius 1 is 0.267 bits per heavy atom. The van der Waals surface area contributed by atoms with Crippen LogP contribution in [0.3, 0.4) is 0 Å². The van der Waals surface area contributed by atoms with Crippen LogP contribution in [0.4, 0.5) is 0 Å². The molecule has 6 heteroatoms. The van der Waals surface area contributed by atoms with Gasteiger partial charge in [-0.3, -0.25) is 14.4 Å². The molecule has 6 nitrogen and oxygen atoms in total. The van der Waals surface area contributed by atoms with Gasteiger partial charge in [-0.05, 0) is 83.5 Å². The minimum atomic E-state index is -0.779. The lowest BCUT2D eigenvalue weighted by Gasteiger charge is -2.18. The Morgan fingerprint density at radius 3 is 0.760 bits per heavy atom. The van der Waals surface area contributed by atoms with Crippen molar-refractivity contribution in [2.45, 2.75) is 361 Å². The van der Waals surface area contributed by atoms with E-state index in [1.54, 1.807) is 0 Å². The standard InChI is InChI=1S/C69H126O6/c1-4-7-10-13-16-19-22-25-28-31-33-34-36-38-41-44-47-50-53-56-59-62-68(71)74-65-66(64-73-67(70)61-58-55-52-49-46-43-40-37-30-27-24-21-18-15-12-9-6-3)75-69(72)63-60-57-54-51-48-45-42-39-35-32-29-26-23-20-17-14-11-8-5-2/h22,25-26,29,31,33,36,38,66H,4-21,23-24,27-28,30,32,34-35,37,39-65H2,1-3H3/b25-22-,29-26-,33-31-,38-36-. The minimum absolute atomic E-state index is 0.0743. The molecule has 0 saturated heterocycles. The number of allylic oxidation sites excluding steroid dienone is 8. The van der Waals surface area contributed by atoms with Gasteiger partial charge < -0.3 is 14.2 Å². The molecule has 0 saturated carbocycles. The van der Waals surface area contributed by atoms with Crippen LogP contribution in [0.2, 0.25) is 0 Å². The van der Waals surface area contributed by atoms with Crippen molar-refractivity contribution in [2.24, 2.45) is 0 Å². The number of hydrogen-bond acceptors (Lipinski definition) is 6. The number of rotatable bonds is 61. The van der Waals surface area contributed by atoms with Crippen LogP contribution in [0, 0.1) is 0 Å². The van der Waals surface area contributed by atoms with Gasteiger partial charge in [0.05, 0.1) is 0 Å². The molecule has 0 amide bonds. The lowest BCUT2D eigenvalue weighted by Crippen LogP contribution is -2.30. The molecule has 0 bridgehead atoms. The number of carbonyl (C=O) groups is 3. The summed E-state index contributed by atoms with van der Waals surface area (Å²) in [5, 5.41) is 0. The lowest BCUT2D eigenvalue weighted by molar-refractivity contribution is -0.167. The van der Waals surface area contributed by atoms with Gasteiger partial charge in [-0.1, -0.05) is 301 Å². The fraction of sp³-hybridized carbons (Fsp3) is 0.841. The van der Waals surface area contributed by atoms with Crippen molar-refractivity contribution in [1.29, 1.82) is 0 Å². The van der Waals surface area contributed by atoms with Gasteiger partial charge >= 0.3 is 17.9 Å². The summed E-state index contributed by atoms with van der Waals surface area (Å²) >= 11 is 0. The van der Waals surface area contributed by atoms with Crippen LogP contribution < -0.4 is 0 Å². The van der Waals surface area contributed by atoms with Gasteiger partial charge in [-0.15, -0.1) is 0 Å². The highest BCUT2D eigenvalue weighted by atomic mass is 16.6. The molecule has 0 aliphatic rings. The smallest absolute Gasteiger partial charge is 0.306 e. The van der Waals surface area contributed by atoms with Crippen LogP contribution in [0.25, 0.3) is 0 Å². The van der Waals surface area contributed by atoms with Crippen molar-refractivity contribution in [2.75, 3.05) is 13.2 Å². The highest BCUT2D eigenvalue weighted by Gasteiger charge is 2.19. The second kappa shape index (κ2) is 63.9. The van der Waals surface area contributed by atoms with Crippen molar-refractivity contribution in [3.8, 4) is 0 Å². The van der Waals surface area contributed by atoms with Crippen LogP contribution >= 0.6 is 0 Å². The van der Waals surface area contributed by atoms with Crippen molar-refractivity contribution < 1.29 is 28.6 Å². The third-order valence-corrected chi connectivity index (χ3v) is 14.8. The predicted molar refractivity (Wildman–Crippen MR) is 325 cm³/mol. The van der Waals surface area contributed by atoms with E-state index >= 15 is 0 Å². The summed E-state index contributed by atoms with van der Waals surface area (Å²) in [5.74, 6) is -0.866. The van der Waals surface area contributed by atoms with Gasteiger partial charge in [0.1, 0.15) is 13.2 Å². The monoisotopic (exact) mass is 1050 g/mol. The predicted octanol–water partition coefficient (Wildman–Crippen LogP) is 22.6. The fourth-order valence-electron chi connectivity index (χ4n) is 9.80. The van der Waals surface area contributed by atoms with E-state index in [0.717, 1.165) is 77.0 Å². The van der Waals surface area contributed by atoms with Crippen molar-refractivity contribution in [3.05, 3.63) is 48.6 Å². The van der Waals surface area contributed by atoms with Gasteiger partial charge in [-0.2, -0.15) is 0 Å². The van der Waals surface area contributed by atoms with Gasteiger partial charge in [0, 0.05) is 19.3 Å². The second-order valence-electron chi connectivity index (χ2n) is 22.4. The van der Waals surface area contributed by atoms with E-state index in [2.05, 4.69) is 69.4 Å². The molecule has 0 aromatic carbocycles. The summed E-state index contributed by atoms with van der Waals surface area (Å²) in [5.41, 5.74) is 0. The SMILES string of the molecule is CCCCCCC/C=C\C/C=C\C/C=C\CCCCCCCCC(=O)OCC(COC(=O)CCCCCCCCCCCCCCCCCCC)OC(=O)CCCCCCCCCCC/C=C\CCCCCCCC. The molecule has 0 heterocycles. The number of unbranched alkanes of at least 4 members (excludes halogenated alkanes) is 42. The average molecular weight is 1050 g/mol. The second-order valence-corrected chi connectivity index (χ2v) is 22.4. The van der Waals surface area contributed by atoms with E-state index in [-0.39, 0.29) is 31.1 Å². The first-order chi connectivity index (χ1) is 37.0. The Hall–Kier alpha value is -2.63. The van der Waals surface area contributed by atoms with Gasteiger partial charge in [0.25, 0.3) is 0 Å². The maximum atomic E-state index is 12.9. The fourth-order valence-corrected chi connectivity index (χ4v) is 9.80. The summed E-state index contributed by atoms with van der Waals surface area (Å²) in [6.45, 7) is 6.67. The Morgan fingerprint density at radius 2 is 0.480 bits per heavy atom. The third kappa shape index (κ3) is 62.1. The van der Waals surface area contributed by atoms with E-state index in [1.807, 2.05) is 0 Å². The Labute approximate surface area is 467 Å². The lowest BCUT2D eigenvalue weighted by atomic mass is 10.0. The Balaban J connectivity index is 4.37. The highest BCUT2D eigenvalue weighted by molar-refractivity contribution is 5.71. The molecule has 0 fully saturated rings. The Bertz CT molecular complexity index is 1300. The van der Waals surface area contributed by atoms with Crippen LogP contribution in [-0.4, -0.2) is 37.2 Å². The molecule has 0 spiro atoms. The molecule has 1 unspecified atom stereocenters. The molecule has 0 radical (unpaired) electrons. The normalized spacial score (nSPS) is 12.3. The molecule has 1 atom stereocenters. The first-order valence-electron chi connectivity index (χ1n) is 33.1. The van der Waals surface area contributed by atoms with Gasteiger partial charge in [0.15, 0.2) is 6.10 Å². The summed E-state index contributed by atoms with van der Waals surface area (Å²) in [6.07, 6.45) is 79.7. The summed E-state index contributed by atoms with van der Waals surface area (Å²) in [6, 6.07) is 0. The number of carbonyl (C=O) groups excluding carboxylic acids is 3. The summed E-state index contributed by atoms with van der Waals surface area (Å²) in [7, 11) is 0. The van der Waals surface area contributed by atoms with E-state index in [0.29, 0.717) is 19.3 Å². The number of esters is 3. The highest BCUT2D eigenvalue weighted by Crippen LogP contribution is 2.17. The van der Waals surface area contributed by atoms with E-state index in [4.69, 9.17) is 14.2 Å². The molecule has 0 N–H and O–H groups in total. The van der Waals surface area contributed by atoms with Crippen molar-refractivity contribution >= 4 is 17.9 Å². The first kappa shape index (κ1) is 72.4. The van der Waals surface area contributed by atoms with Crippen molar-refractivity contribution in [1.82, 2.24) is 0 Å². The molecule has 0 aliphatic carbocycles. The van der Waals surface area contributed by atoms with Crippen LogP contribution in [-0.2, 0) is 28.6 Å². The minimum Gasteiger partial charge on any atom is -0.462 e. The molecule has 0 aromatic heterocycles. The average Bonchev–Trinajstić information content (AvgIpc) is 3.41. The number of ether oxygens (including phenoxy) is 3. The molecule has 0 aromatic rings. The van der Waals surface area contributed by atoms with Crippen molar-refractivity contribution in [3.63, 3.8) is 0 Å². The molecule has 0 aliphatic heterocycles. The van der Waals surface area contributed by atoms with E-state index in [9.17, 15) is 14.4 Å². The quantitative estimate of drug-likeness (QED) is 0.0261. The van der Waals surface area contributed by atoms with E-state index < -0.39 is 6.10 Å². The van der Waals surface area contributed by atoms with Gasteiger partial charge in [0.2, 0.25) is 0 Å². The summed E-state index contributed by atoms with van der Waals surface area (Å²) in [4.78, 5) is 38.4. The van der Waals surface area contributed by atoms with E-state index in [1.165, 1.54) is 238 Å². The Kier molecular flexibility index (Phi) is 61.7. The first-order valence-corrected chi connectivity index (χ1v) is 33.1. The molecule has 438 valence electrons. The maximum absolute atomic E-state index is 12.9. The molecular formula is C69H126O6. The maximum Gasteiger partial charge on any atom is 0.306 e. The van der Waals surface area contributed by atoms with Crippen LogP contribution in [0.15, 0.2) is 48.6 Å². The van der Waals surface area contributed by atoms with Gasteiger partial charge in [-0.25, -0.2) is 0 Å². The number of hydrogen-bond donors (Lipinski definition) is 0. The zero-order chi connectivity index (χ0) is 54.3. The largest absolute Gasteiger partial charge is 0.462 e. The molecule has 75 heavy (non-hydrogen) atoms. The van der Waals surface area contributed by atoms with Crippen LogP contribution in [0.1, 0.15) is 355 Å². The third-order valence-electron chi connectivity index (χ3n) is 14.8. The topological polar surface area (TPSA) is 78.9 Å². The van der Waals surface area contributed by atoms with Crippen LogP contribution in [0.5, 0.6) is 0 Å². The summed E-state index contributed by atoms with van der Waals surface area (Å²) < 4.78 is 17.0. The zero-order valence-corrected chi connectivity index (χ0v) is 50.3.